The number of para-hydroxylation sites is 1. The zero-order valence-electron chi connectivity index (χ0n) is 12.7. The van der Waals surface area contributed by atoms with Crippen LogP contribution in [0.4, 0.5) is 11.4 Å². The Morgan fingerprint density at radius 1 is 1.13 bits per heavy atom. The molecule has 6 heteroatoms. The van der Waals surface area contributed by atoms with Crippen LogP contribution in [-0.4, -0.2) is 26.0 Å². The molecule has 2 N–H and O–H groups in total. The van der Waals surface area contributed by atoms with E-state index in [1.807, 2.05) is 12.1 Å². The third-order valence-electron chi connectivity index (χ3n) is 4.50. The molecule has 0 radical (unpaired) electrons. The Hall–Kier alpha value is -3.02. The summed E-state index contributed by atoms with van der Waals surface area (Å²) < 4.78 is 5.20. The van der Waals surface area contributed by atoms with Gasteiger partial charge in [-0.05, 0) is 24.3 Å². The number of methoxy groups -OCH3 is 1. The molecule has 23 heavy (non-hydrogen) atoms. The molecule has 0 saturated heterocycles. The summed E-state index contributed by atoms with van der Waals surface area (Å²) in [6.45, 7) is 0. The van der Waals surface area contributed by atoms with E-state index in [-0.39, 0.29) is 11.8 Å². The largest absolute Gasteiger partial charge is 0.497 e. The average molecular weight is 309 g/mol. The van der Waals surface area contributed by atoms with Gasteiger partial charge in [-0.3, -0.25) is 9.59 Å². The van der Waals surface area contributed by atoms with Crippen molar-refractivity contribution in [3.8, 4) is 5.75 Å². The number of hydrogen-bond acceptors (Lipinski definition) is 4. The summed E-state index contributed by atoms with van der Waals surface area (Å²) >= 11 is 0. The number of ether oxygens (including phenoxy) is 1. The molecule has 2 aliphatic rings. The molecular weight excluding hydrogens is 294 g/mol. The van der Waals surface area contributed by atoms with E-state index in [0.717, 1.165) is 5.69 Å². The summed E-state index contributed by atoms with van der Waals surface area (Å²) in [5.74, 6) is 0.0925. The molecule has 0 aromatic heterocycles. The van der Waals surface area contributed by atoms with Crippen LogP contribution in [0.5, 0.6) is 5.75 Å². The maximum Gasteiger partial charge on any atom is 0.276 e. The molecule has 0 aliphatic carbocycles. The normalized spacial score (nSPS) is 21.6. The van der Waals surface area contributed by atoms with Gasteiger partial charge in [0.1, 0.15) is 5.75 Å². The van der Waals surface area contributed by atoms with Gasteiger partial charge in [0.15, 0.2) is 0 Å². The predicted octanol–water partition coefficient (Wildman–Crippen LogP) is 1.68. The molecule has 2 aromatic carbocycles. The van der Waals surface area contributed by atoms with Gasteiger partial charge in [-0.2, -0.15) is 0 Å². The summed E-state index contributed by atoms with van der Waals surface area (Å²) in [4.78, 5) is 27.1. The molecular formula is C17H15N3O3. The Kier molecular flexibility index (Phi) is 2.66. The highest BCUT2D eigenvalue weighted by Crippen LogP contribution is 2.44. The van der Waals surface area contributed by atoms with E-state index in [9.17, 15) is 9.59 Å². The highest BCUT2D eigenvalue weighted by molar-refractivity contribution is 6.14. The van der Waals surface area contributed by atoms with Crippen LogP contribution < -0.4 is 20.3 Å². The maximum absolute atomic E-state index is 12.8. The minimum absolute atomic E-state index is 0.266. The van der Waals surface area contributed by atoms with Crippen molar-refractivity contribution < 1.29 is 14.3 Å². The average Bonchev–Trinajstić information content (AvgIpc) is 2.84. The Bertz CT molecular complexity index is 849. The van der Waals surface area contributed by atoms with Gasteiger partial charge in [0.25, 0.3) is 11.8 Å². The summed E-state index contributed by atoms with van der Waals surface area (Å²) in [6.07, 6.45) is 0. The standard InChI is InChI=1S/C17H15N3O3/c1-20-14-6-4-3-5-11(14)15(21)19-17(20)12-8-7-10(23-2)9-13(12)18-16(17)22/h3-9H,1-2H3,(H,18,22)(H,19,21)/t17-/m0/s1. The lowest BCUT2D eigenvalue weighted by Crippen LogP contribution is -2.64. The molecule has 2 heterocycles. The van der Waals surface area contributed by atoms with Crippen molar-refractivity contribution in [1.29, 1.82) is 0 Å². The fourth-order valence-corrected chi connectivity index (χ4v) is 3.32. The van der Waals surface area contributed by atoms with Crippen molar-refractivity contribution in [1.82, 2.24) is 5.32 Å². The summed E-state index contributed by atoms with van der Waals surface area (Å²) in [7, 11) is 3.37. The van der Waals surface area contributed by atoms with Gasteiger partial charge in [-0.1, -0.05) is 12.1 Å². The summed E-state index contributed by atoms with van der Waals surface area (Å²) in [5.41, 5.74) is 1.37. The number of nitrogens with zero attached hydrogens (tertiary/aromatic N) is 1. The van der Waals surface area contributed by atoms with E-state index < -0.39 is 5.66 Å². The van der Waals surface area contributed by atoms with Crippen LogP contribution in [0.3, 0.4) is 0 Å². The van der Waals surface area contributed by atoms with Crippen LogP contribution in [0.2, 0.25) is 0 Å². The molecule has 0 unspecified atom stereocenters. The molecule has 6 nitrogen and oxygen atoms in total. The first-order valence-electron chi connectivity index (χ1n) is 7.23. The number of amides is 2. The zero-order valence-corrected chi connectivity index (χ0v) is 12.7. The SMILES string of the molecule is COc1ccc2c(c1)NC(=O)[C@]21NC(=O)c2ccccc2N1C. The second-order valence-corrected chi connectivity index (χ2v) is 5.61. The third-order valence-corrected chi connectivity index (χ3v) is 4.50. The van der Waals surface area contributed by atoms with Crippen LogP contribution in [0, 0.1) is 0 Å². The van der Waals surface area contributed by atoms with Crippen molar-refractivity contribution in [2.75, 3.05) is 24.4 Å². The molecule has 2 aromatic rings. The topological polar surface area (TPSA) is 70.7 Å². The van der Waals surface area contributed by atoms with Gasteiger partial charge < -0.3 is 20.3 Å². The first-order chi connectivity index (χ1) is 11.1. The van der Waals surface area contributed by atoms with Crippen molar-refractivity contribution in [2.24, 2.45) is 0 Å². The number of carbonyl (C=O) groups is 2. The summed E-state index contributed by atoms with van der Waals surface area (Å²) in [5, 5.41) is 5.71. The quantitative estimate of drug-likeness (QED) is 0.841. The van der Waals surface area contributed by atoms with E-state index in [1.165, 1.54) is 0 Å². The number of hydrogen-bond donors (Lipinski definition) is 2. The lowest BCUT2D eigenvalue weighted by molar-refractivity contribution is -0.121. The van der Waals surface area contributed by atoms with Crippen molar-refractivity contribution >= 4 is 23.2 Å². The van der Waals surface area contributed by atoms with Crippen LogP contribution in [0.1, 0.15) is 15.9 Å². The van der Waals surface area contributed by atoms with Gasteiger partial charge in [-0.15, -0.1) is 0 Å². The van der Waals surface area contributed by atoms with E-state index in [0.29, 0.717) is 22.6 Å². The molecule has 1 spiro atoms. The fraction of sp³-hybridized carbons (Fsp3) is 0.176. The number of anilines is 2. The third kappa shape index (κ3) is 1.63. The Morgan fingerprint density at radius 2 is 1.91 bits per heavy atom. The smallest absolute Gasteiger partial charge is 0.276 e. The molecule has 0 saturated carbocycles. The lowest BCUT2D eigenvalue weighted by Gasteiger charge is -2.43. The minimum atomic E-state index is -1.24. The number of rotatable bonds is 1. The first-order valence-corrected chi connectivity index (χ1v) is 7.23. The number of benzene rings is 2. The fourth-order valence-electron chi connectivity index (χ4n) is 3.32. The molecule has 116 valence electrons. The summed E-state index contributed by atoms with van der Waals surface area (Å²) in [6, 6.07) is 12.6. The van der Waals surface area contributed by atoms with Crippen LogP contribution in [-0.2, 0) is 10.5 Å². The second kappa shape index (κ2) is 4.49. The van der Waals surface area contributed by atoms with Crippen LogP contribution in [0.25, 0.3) is 0 Å². The van der Waals surface area contributed by atoms with Gasteiger partial charge in [0.05, 0.1) is 24.0 Å². The van der Waals surface area contributed by atoms with E-state index in [2.05, 4.69) is 10.6 Å². The first kappa shape index (κ1) is 13.6. The van der Waals surface area contributed by atoms with Gasteiger partial charge in [0.2, 0.25) is 5.66 Å². The minimum Gasteiger partial charge on any atom is -0.497 e. The van der Waals surface area contributed by atoms with Crippen molar-refractivity contribution in [2.45, 2.75) is 5.66 Å². The number of carbonyl (C=O) groups excluding carboxylic acids is 2. The molecule has 0 bridgehead atoms. The lowest BCUT2D eigenvalue weighted by atomic mass is 9.93. The van der Waals surface area contributed by atoms with E-state index in [1.54, 1.807) is 49.4 Å². The van der Waals surface area contributed by atoms with Crippen molar-refractivity contribution in [3.05, 3.63) is 53.6 Å². The Morgan fingerprint density at radius 3 is 2.70 bits per heavy atom. The molecule has 2 amide bonds. The monoisotopic (exact) mass is 309 g/mol. The highest BCUT2D eigenvalue weighted by atomic mass is 16.5. The number of nitrogens with one attached hydrogen (secondary N) is 2. The zero-order chi connectivity index (χ0) is 16.2. The second-order valence-electron chi connectivity index (χ2n) is 5.61. The number of fused-ring (bicyclic) bond motifs is 3. The van der Waals surface area contributed by atoms with E-state index >= 15 is 0 Å². The molecule has 4 rings (SSSR count). The Labute approximate surface area is 133 Å². The molecule has 1 atom stereocenters. The maximum atomic E-state index is 12.8. The van der Waals surface area contributed by atoms with Crippen LogP contribution in [0.15, 0.2) is 42.5 Å². The van der Waals surface area contributed by atoms with E-state index in [4.69, 9.17) is 4.74 Å². The van der Waals surface area contributed by atoms with Gasteiger partial charge in [-0.25, -0.2) is 0 Å². The van der Waals surface area contributed by atoms with Gasteiger partial charge >= 0.3 is 0 Å². The van der Waals surface area contributed by atoms with Crippen LogP contribution >= 0.6 is 0 Å². The highest BCUT2D eigenvalue weighted by Gasteiger charge is 2.54. The molecule has 2 aliphatic heterocycles. The molecule has 0 fully saturated rings. The Balaban J connectivity index is 1.93. The number of likely N-dealkylation sites (N-methyl/N-ethyl adjacent to an activating group) is 1. The predicted molar refractivity (Wildman–Crippen MR) is 85.6 cm³/mol. The van der Waals surface area contributed by atoms with Gasteiger partial charge in [0, 0.05) is 18.7 Å². The van der Waals surface area contributed by atoms with Crippen molar-refractivity contribution in [3.63, 3.8) is 0 Å².